The van der Waals surface area contributed by atoms with Crippen molar-refractivity contribution in [2.24, 2.45) is 0 Å². The molecule has 3 aromatic carbocycles. The van der Waals surface area contributed by atoms with E-state index in [0.717, 1.165) is 5.56 Å². The van der Waals surface area contributed by atoms with Gasteiger partial charge in [0, 0.05) is 16.2 Å². The van der Waals surface area contributed by atoms with Gasteiger partial charge in [0.2, 0.25) is 12.5 Å². The van der Waals surface area contributed by atoms with E-state index in [1.807, 2.05) is 12.1 Å². The predicted molar refractivity (Wildman–Crippen MR) is 125 cm³/mol. The molecule has 8 nitrogen and oxygen atoms in total. The highest BCUT2D eigenvalue weighted by atomic mass is 16.6. The first-order chi connectivity index (χ1) is 16.4. The van der Waals surface area contributed by atoms with Crippen LogP contribution in [0.3, 0.4) is 0 Å². The van der Waals surface area contributed by atoms with Crippen molar-refractivity contribution in [3.63, 3.8) is 0 Å². The number of para-hydroxylation sites is 1. The molecule has 0 saturated carbocycles. The second kappa shape index (κ2) is 9.35. The van der Waals surface area contributed by atoms with Gasteiger partial charge >= 0.3 is 5.97 Å². The SMILES string of the molecule is COC(=O)[C@]1([C@H](C[N+](=O)[O-])c2ccccc2)C(=O)N(Cc2ccc(OC)cc2)c2ccccc21. The van der Waals surface area contributed by atoms with E-state index in [9.17, 15) is 19.7 Å². The quantitative estimate of drug-likeness (QED) is 0.220. The molecular weight excluding hydrogens is 436 g/mol. The standard InChI is InChI=1S/C26H24N2O6/c1-33-20-14-12-18(13-15-20)16-27-23-11-7-6-10-21(23)26(24(27)29,25(30)34-2)22(17-28(31)32)19-8-4-3-5-9-19/h3-15,22H,16-17H2,1-2H3/t22-,26-/m1/s1. The molecule has 0 radical (unpaired) electrons. The summed E-state index contributed by atoms with van der Waals surface area (Å²) < 4.78 is 10.4. The smallest absolute Gasteiger partial charge is 0.326 e. The van der Waals surface area contributed by atoms with Gasteiger partial charge in [-0.1, -0.05) is 60.7 Å². The van der Waals surface area contributed by atoms with Gasteiger partial charge in [-0.3, -0.25) is 19.7 Å². The molecule has 34 heavy (non-hydrogen) atoms. The van der Waals surface area contributed by atoms with Gasteiger partial charge in [0.1, 0.15) is 5.75 Å². The van der Waals surface area contributed by atoms with Gasteiger partial charge in [0.05, 0.1) is 26.7 Å². The summed E-state index contributed by atoms with van der Waals surface area (Å²) in [6, 6.07) is 22.8. The first kappa shape index (κ1) is 23.0. The van der Waals surface area contributed by atoms with E-state index in [1.54, 1.807) is 73.8 Å². The van der Waals surface area contributed by atoms with Crippen LogP contribution in [-0.2, 0) is 26.3 Å². The fourth-order valence-electron chi connectivity index (χ4n) is 4.71. The van der Waals surface area contributed by atoms with Crippen molar-refractivity contribution in [1.29, 1.82) is 0 Å². The highest BCUT2D eigenvalue weighted by molar-refractivity contribution is 6.21. The number of nitrogens with zero attached hydrogens (tertiary/aromatic N) is 2. The fraction of sp³-hybridized carbons (Fsp3) is 0.231. The molecule has 1 aliphatic heterocycles. The normalized spacial score (nSPS) is 17.7. The number of benzene rings is 3. The molecule has 1 aliphatic rings. The van der Waals surface area contributed by atoms with Crippen LogP contribution < -0.4 is 9.64 Å². The largest absolute Gasteiger partial charge is 0.497 e. The summed E-state index contributed by atoms with van der Waals surface area (Å²) >= 11 is 0. The van der Waals surface area contributed by atoms with Crippen LogP contribution in [0.15, 0.2) is 78.9 Å². The Kier molecular flexibility index (Phi) is 6.32. The molecule has 4 rings (SSSR count). The van der Waals surface area contributed by atoms with Gasteiger partial charge in [-0.15, -0.1) is 0 Å². The average Bonchev–Trinajstić information content (AvgIpc) is 3.11. The van der Waals surface area contributed by atoms with Crippen molar-refractivity contribution < 1.29 is 24.0 Å². The number of methoxy groups -OCH3 is 2. The summed E-state index contributed by atoms with van der Waals surface area (Å²) in [6.45, 7) is -0.436. The number of carbonyl (C=O) groups excluding carboxylic acids is 2. The Labute approximate surface area is 196 Å². The molecule has 0 spiro atoms. The van der Waals surface area contributed by atoms with Crippen molar-refractivity contribution >= 4 is 17.6 Å². The number of nitro groups is 1. The van der Waals surface area contributed by atoms with Crippen LogP contribution in [0.25, 0.3) is 0 Å². The van der Waals surface area contributed by atoms with Crippen LogP contribution in [0.1, 0.15) is 22.6 Å². The van der Waals surface area contributed by atoms with Crippen LogP contribution in [0.5, 0.6) is 5.75 Å². The number of hydrogen-bond acceptors (Lipinski definition) is 6. The van der Waals surface area contributed by atoms with Gasteiger partial charge in [0.25, 0.3) is 0 Å². The van der Waals surface area contributed by atoms with Gasteiger partial charge in [-0.2, -0.15) is 0 Å². The molecule has 3 aromatic rings. The maximum absolute atomic E-state index is 14.2. The number of ether oxygens (including phenoxy) is 2. The molecule has 1 heterocycles. The Morgan fingerprint density at radius 2 is 1.65 bits per heavy atom. The molecular formula is C26H24N2O6. The Bertz CT molecular complexity index is 1210. The lowest BCUT2D eigenvalue weighted by molar-refractivity contribution is -0.484. The molecule has 0 aliphatic carbocycles. The average molecular weight is 460 g/mol. The molecule has 0 unspecified atom stereocenters. The third-order valence-corrected chi connectivity index (χ3v) is 6.27. The monoisotopic (exact) mass is 460 g/mol. The van der Waals surface area contributed by atoms with E-state index in [1.165, 1.54) is 12.0 Å². The lowest BCUT2D eigenvalue weighted by atomic mass is 9.68. The van der Waals surface area contributed by atoms with E-state index in [-0.39, 0.29) is 6.54 Å². The zero-order chi connectivity index (χ0) is 24.3. The van der Waals surface area contributed by atoms with Crippen LogP contribution in [0.2, 0.25) is 0 Å². The minimum atomic E-state index is -1.90. The third-order valence-electron chi connectivity index (χ3n) is 6.27. The number of esters is 1. The van der Waals surface area contributed by atoms with Gasteiger partial charge in [-0.25, -0.2) is 0 Å². The minimum absolute atomic E-state index is 0.179. The van der Waals surface area contributed by atoms with Gasteiger partial charge in [0.15, 0.2) is 5.41 Å². The maximum Gasteiger partial charge on any atom is 0.326 e. The zero-order valence-corrected chi connectivity index (χ0v) is 18.8. The first-order valence-corrected chi connectivity index (χ1v) is 10.7. The van der Waals surface area contributed by atoms with Crippen LogP contribution in [0.4, 0.5) is 5.69 Å². The number of anilines is 1. The van der Waals surface area contributed by atoms with Gasteiger partial charge in [-0.05, 0) is 29.3 Å². The number of hydrogen-bond donors (Lipinski definition) is 0. The highest BCUT2D eigenvalue weighted by Crippen LogP contribution is 2.51. The molecule has 0 aromatic heterocycles. The topological polar surface area (TPSA) is 99.0 Å². The fourth-order valence-corrected chi connectivity index (χ4v) is 4.71. The second-order valence-corrected chi connectivity index (χ2v) is 8.03. The van der Waals surface area contributed by atoms with Crippen molar-refractivity contribution in [1.82, 2.24) is 0 Å². The highest BCUT2D eigenvalue weighted by Gasteiger charge is 2.63. The number of rotatable bonds is 8. The maximum atomic E-state index is 14.2. The Balaban J connectivity index is 1.90. The first-order valence-electron chi connectivity index (χ1n) is 10.7. The summed E-state index contributed by atoms with van der Waals surface area (Å²) in [5, 5.41) is 11.8. The lowest BCUT2D eigenvalue weighted by Gasteiger charge is -2.32. The lowest BCUT2D eigenvalue weighted by Crippen LogP contribution is -2.52. The van der Waals surface area contributed by atoms with Crippen molar-refractivity contribution in [3.8, 4) is 5.75 Å². The number of carbonyl (C=O) groups is 2. The van der Waals surface area contributed by atoms with Crippen molar-refractivity contribution in [3.05, 3.63) is 106 Å². The summed E-state index contributed by atoms with van der Waals surface area (Å²) in [5.41, 5.74) is 0.356. The Morgan fingerprint density at radius 3 is 2.26 bits per heavy atom. The second-order valence-electron chi connectivity index (χ2n) is 8.03. The zero-order valence-electron chi connectivity index (χ0n) is 18.8. The summed E-state index contributed by atoms with van der Waals surface area (Å²) in [6.07, 6.45) is 0. The van der Waals surface area contributed by atoms with Gasteiger partial charge < -0.3 is 14.4 Å². The van der Waals surface area contributed by atoms with Crippen LogP contribution in [-0.4, -0.2) is 37.6 Å². The van der Waals surface area contributed by atoms with E-state index in [0.29, 0.717) is 22.6 Å². The minimum Gasteiger partial charge on any atom is -0.497 e. The molecule has 174 valence electrons. The van der Waals surface area contributed by atoms with Crippen molar-refractivity contribution in [2.45, 2.75) is 17.9 Å². The summed E-state index contributed by atoms with van der Waals surface area (Å²) in [5.74, 6) is -1.76. The molecule has 0 saturated heterocycles. The molecule has 0 N–H and O–H groups in total. The number of amides is 1. The van der Waals surface area contributed by atoms with E-state index in [2.05, 4.69) is 0 Å². The Morgan fingerprint density at radius 1 is 1.00 bits per heavy atom. The Hall–Kier alpha value is -4.20. The van der Waals surface area contributed by atoms with Crippen LogP contribution in [0, 0.1) is 10.1 Å². The third kappa shape index (κ3) is 3.77. The molecule has 0 fully saturated rings. The van der Waals surface area contributed by atoms with E-state index in [4.69, 9.17) is 9.47 Å². The molecule has 2 atom stereocenters. The predicted octanol–water partition coefficient (Wildman–Crippen LogP) is 3.71. The van der Waals surface area contributed by atoms with E-state index < -0.39 is 34.7 Å². The van der Waals surface area contributed by atoms with Crippen LogP contribution >= 0.6 is 0 Å². The molecule has 8 heteroatoms. The molecule has 0 bridgehead atoms. The number of fused-ring (bicyclic) bond motifs is 1. The van der Waals surface area contributed by atoms with Crippen molar-refractivity contribution in [2.75, 3.05) is 25.7 Å². The van der Waals surface area contributed by atoms with E-state index >= 15 is 0 Å². The molecule has 1 amide bonds. The summed E-state index contributed by atoms with van der Waals surface area (Å²) in [7, 11) is 2.76. The summed E-state index contributed by atoms with van der Waals surface area (Å²) in [4.78, 5) is 40.4.